The van der Waals surface area contributed by atoms with Gasteiger partial charge in [0.2, 0.25) is 0 Å². The van der Waals surface area contributed by atoms with Gasteiger partial charge in [-0.15, -0.1) is 17.0 Å². The fourth-order valence-electron chi connectivity index (χ4n) is 3.00. The van der Waals surface area contributed by atoms with Crippen LogP contribution in [-0.4, -0.2) is 18.2 Å². The molecule has 0 saturated carbocycles. The van der Waals surface area contributed by atoms with Crippen LogP contribution in [0, 0.1) is 5.82 Å². The first-order valence-electron chi connectivity index (χ1n) is 6.44. The predicted molar refractivity (Wildman–Crippen MR) is 83.2 cm³/mol. The molecule has 2 nitrogen and oxygen atoms in total. The van der Waals surface area contributed by atoms with E-state index < -0.39 is 5.82 Å². The monoisotopic (exact) mass is 337 g/mol. The summed E-state index contributed by atoms with van der Waals surface area (Å²) in [6, 6.07) is 13.4. The fraction of sp³-hybridized carbons (Fsp3) is 0.250. The number of benzene rings is 2. The van der Waals surface area contributed by atoms with Gasteiger partial charge in [0.1, 0.15) is 0 Å². The normalized spacial score (nSPS) is 20.3. The number of hydrogen-bond acceptors (Lipinski definition) is 2. The van der Waals surface area contributed by atoms with Gasteiger partial charge in [0.25, 0.3) is 0 Å². The van der Waals surface area contributed by atoms with Gasteiger partial charge in [0.05, 0.1) is 0 Å². The third-order valence-electron chi connectivity index (χ3n) is 3.92. The fourth-order valence-corrected chi connectivity index (χ4v) is 3.00. The molecule has 4 heteroatoms. The number of halogens is 2. The number of likely N-dealkylation sites (N-methyl/N-ethyl adjacent to an activating group) is 1. The van der Waals surface area contributed by atoms with Crippen LogP contribution in [0.1, 0.15) is 22.6 Å². The second kappa shape index (κ2) is 5.94. The van der Waals surface area contributed by atoms with Crippen molar-refractivity contribution < 1.29 is 9.50 Å². The Hall–Kier alpha value is -1.39. The molecule has 3 rings (SSSR count). The van der Waals surface area contributed by atoms with Crippen molar-refractivity contribution in [3.63, 3.8) is 0 Å². The van der Waals surface area contributed by atoms with Crippen LogP contribution in [0.5, 0.6) is 5.75 Å². The summed E-state index contributed by atoms with van der Waals surface area (Å²) in [4.78, 5) is 0. The van der Waals surface area contributed by atoms with Crippen LogP contribution in [-0.2, 0) is 6.42 Å². The van der Waals surface area contributed by atoms with Crippen molar-refractivity contribution in [1.29, 1.82) is 0 Å². The Balaban J connectivity index is 0.00000147. The lowest BCUT2D eigenvalue weighted by atomic mass is 9.90. The van der Waals surface area contributed by atoms with Crippen molar-refractivity contribution in [3.05, 3.63) is 65.0 Å². The van der Waals surface area contributed by atoms with Crippen LogP contribution in [0.3, 0.4) is 0 Å². The molecular formula is C16H17BrFNO. The smallest absolute Gasteiger partial charge is 0.165 e. The van der Waals surface area contributed by atoms with Crippen molar-refractivity contribution >= 4 is 17.0 Å². The van der Waals surface area contributed by atoms with Gasteiger partial charge in [-0.3, -0.25) is 0 Å². The SMILES string of the molecule is Br.CN[C@@H]1Cc2cc(F)c(O)cc2[C@H]1c1ccccc1. The third-order valence-corrected chi connectivity index (χ3v) is 3.92. The molecule has 1 aliphatic carbocycles. The van der Waals surface area contributed by atoms with Gasteiger partial charge in [-0.2, -0.15) is 0 Å². The summed E-state index contributed by atoms with van der Waals surface area (Å²) in [7, 11) is 1.92. The Labute approximate surface area is 128 Å². The maximum absolute atomic E-state index is 13.5. The average molecular weight is 338 g/mol. The highest BCUT2D eigenvalue weighted by Crippen LogP contribution is 2.40. The van der Waals surface area contributed by atoms with Crippen LogP contribution in [0.15, 0.2) is 42.5 Å². The lowest BCUT2D eigenvalue weighted by Crippen LogP contribution is -2.29. The zero-order chi connectivity index (χ0) is 13.4. The number of nitrogens with one attached hydrogen (secondary N) is 1. The van der Waals surface area contributed by atoms with Gasteiger partial charge in [0.15, 0.2) is 11.6 Å². The molecule has 0 spiro atoms. The molecule has 0 saturated heterocycles. The maximum Gasteiger partial charge on any atom is 0.165 e. The zero-order valence-electron chi connectivity index (χ0n) is 11.1. The second-order valence-electron chi connectivity index (χ2n) is 4.99. The summed E-state index contributed by atoms with van der Waals surface area (Å²) in [5.41, 5.74) is 3.18. The van der Waals surface area contributed by atoms with Crippen molar-refractivity contribution in [1.82, 2.24) is 5.32 Å². The molecule has 2 N–H and O–H groups in total. The molecule has 0 fully saturated rings. The Bertz CT molecular complexity index is 603. The van der Waals surface area contributed by atoms with E-state index in [-0.39, 0.29) is 34.7 Å². The second-order valence-corrected chi connectivity index (χ2v) is 4.99. The Morgan fingerprint density at radius 1 is 1.20 bits per heavy atom. The molecule has 1 aliphatic rings. The van der Waals surface area contributed by atoms with Crippen LogP contribution in [0.4, 0.5) is 4.39 Å². The number of phenolic OH excluding ortho intramolecular Hbond substituents is 1. The van der Waals surface area contributed by atoms with E-state index in [9.17, 15) is 9.50 Å². The number of aromatic hydroxyl groups is 1. The first-order valence-corrected chi connectivity index (χ1v) is 6.44. The van der Waals surface area contributed by atoms with E-state index in [4.69, 9.17) is 0 Å². The van der Waals surface area contributed by atoms with Crippen LogP contribution in [0.2, 0.25) is 0 Å². The van der Waals surface area contributed by atoms with E-state index in [0.29, 0.717) is 0 Å². The quantitative estimate of drug-likeness (QED) is 0.880. The summed E-state index contributed by atoms with van der Waals surface area (Å²) in [6.45, 7) is 0. The first-order chi connectivity index (χ1) is 9.20. The highest BCUT2D eigenvalue weighted by molar-refractivity contribution is 8.93. The van der Waals surface area contributed by atoms with E-state index in [1.807, 2.05) is 25.2 Å². The summed E-state index contributed by atoms with van der Waals surface area (Å²) in [6.07, 6.45) is 0.780. The van der Waals surface area contributed by atoms with E-state index in [2.05, 4.69) is 17.4 Å². The summed E-state index contributed by atoms with van der Waals surface area (Å²) in [5.74, 6) is -0.647. The maximum atomic E-state index is 13.5. The minimum Gasteiger partial charge on any atom is -0.505 e. The van der Waals surface area contributed by atoms with Gasteiger partial charge < -0.3 is 10.4 Å². The topological polar surface area (TPSA) is 32.3 Å². The van der Waals surface area contributed by atoms with Crippen molar-refractivity contribution in [2.24, 2.45) is 0 Å². The molecule has 0 radical (unpaired) electrons. The zero-order valence-corrected chi connectivity index (χ0v) is 12.8. The van der Waals surface area contributed by atoms with Gasteiger partial charge in [-0.25, -0.2) is 4.39 Å². The molecule has 0 bridgehead atoms. The lowest BCUT2D eigenvalue weighted by Gasteiger charge is -2.20. The van der Waals surface area contributed by atoms with Crippen LogP contribution in [0.25, 0.3) is 0 Å². The number of phenols is 1. The van der Waals surface area contributed by atoms with Crippen LogP contribution < -0.4 is 5.32 Å². The van der Waals surface area contributed by atoms with Gasteiger partial charge in [-0.1, -0.05) is 30.3 Å². The summed E-state index contributed by atoms with van der Waals surface area (Å²) >= 11 is 0. The third kappa shape index (κ3) is 2.45. The molecule has 0 unspecified atom stereocenters. The number of fused-ring (bicyclic) bond motifs is 1. The van der Waals surface area contributed by atoms with Gasteiger partial charge in [0, 0.05) is 12.0 Å². The van der Waals surface area contributed by atoms with Crippen molar-refractivity contribution in [2.75, 3.05) is 7.05 Å². The van der Waals surface area contributed by atoms with E-state index in [1.165, 1.54) is 11.6 Å². The number of rotatable bonds is 2. The van der Waals surface area contributed by atoms with E-state index >= 15 is 0 Å². The minimum atomic E-state index is -0.540. The number of hydrogen-bond donors (Lipinski definition) is 2. The molecule has 2 aromatic rings. The molecule has 2 aromatic carbocycles. The Morgan fingerprint density at radius 3 is 2.55 bits per heavy atom. The molecule has 20 heavy (non-hydrogen) atoms. The predicted octanol–water partition coefficient (Wildman–Crippen LogP) is 3.39. The molecule has 0 aliphatic heterocycles. The molecule has 106 valence electrons. The van der Waals surface area contributed by atoms with E-state index in [0.717, 1.165) is 17.5 Å². The average Bonchev–Trinajstić information content (AvgIpc) is 2.78. The molecule has 2 atom stereocenters. The lowest BCUT2D eigenvalue weighted by molar-refractivity contribution is 0.431. The molecule has 0 heterocycles. The minimum absolute atomic E-state index is 0. The van der Waals surface area contributed by atoms with Crippen molar-refractivity contribution in [2.45, 2.75) is 18.4 Å². The first kappa shape index (κ1) is 15.0. The Kier molecular flexibility index (Phi) is 4.45. The van der Waals surface area contributed by atoms with Crippen molar-refractivity contribution in [3.8, 4) is 5.75 Å². The highest BCUT2D eigenvalue weighted by atomic mass is 79.9. The summed E-state index contributed by atoms with van der Waals surface area (Å²) < 4.78 is 13.5. The summed E-state index contributed by atoms with van der Waals surface area (Å²) in [5, 5.41) is 12.9. The van der Waals surface area contributed by atoms with Crippen LogP contribution >= 0.6 is 17.0 Å². The molecular weight excluding hydrogens is 321 g/mol. The largest absolute Gasteiger partial charge is 0.505 e. The molecule has 0 amide bonds. The van der Waals surface area contributed by atoms with Gasteiger partial charge >= 0.3 is 0 Å². The Morgan fingerprint density at radius 2 is 1.90 bits per heavy atom. The van der Waals surface area contributed by atoms with E-state index in [1.54, 1.807) is 6.07 Å². The highest BCUT2D eigenvalue weighted by Gasteiger charge is 2.33. The van der Waals surface area contributed by atoms with Gasteiger partial charge in [-0.05, 0) is 42.3 Å². The standard InChI is InChI=1S/C16H16FNO.BrH/c1-18-14-8-11-7-13(17)15(19)9-12(11)16(14)10-5-3-2-4-6-10;/h2-7,9,14,16,18-19H,8H2,1H3;1H/t14-,16-;/m1./s1. The molecule has 0 aromatic heterocycles.